The molecule has 0 N–H and O–H groups in total. The van der Waals surface area contributed by atoms with E-state index in [4.69, 9.17) is 10.00 Å². The Morgan fingerprint density at radius 2 is 1.71 bits per heavy atom. The minimum Gasteiger partial charge on any atom is -0.487 e. The maximum atomic E-state index is 9.05. The first-order chi connectivity index (χ1) is 11.6. The summed E-state index contributed by atoms with van der Waals surface area (Å²) in [7, 11) is 0. The molecule has 4 heteroatoms. The highest BCUT2D eigenvalue weighted by molar-refractivity contribution is 5.47. The van der Waals surface area contributed by atoms with Gasteiger partial charge in [0.2, 0.25) is 0 Å². The van der Waals surface area contributed by atoms with Gasteiger partial charge in [-0.3, -0.25) is 0 Å². The Kier molecular flexibility index (Phi) is 4.35. The Balaban J connectivity index is 1.88. The molecule has 0 aliphatic heterocycles. The highest BCUT2D eigenvalue weighted by Crippen LogP contribution is 2.26. The molecule has 0 atom stereocenters. The molecule has 0 spiro atoms. The van der Waals surface area contributed by atoms with E-state index in [9.17, 15) is 0 Å². The van der Waals surface area contributed by atoms with E-state index < -0.39 is 0 Å². The van der Waals surface area contributed by atoms with Gasteiger partial charge in [-0.05, 0) is 62.2 Å². The Hall–Kier alpha value is -3.06. The van der Waals surface area contributed by atoms with E-state index in [1.54, 1.807) is 0 Å². The minimum absolute atomic E-state index is 0.420. The second-order valence-corrected chi connectivity index (χ2v) is 5.86. The van der Waals surface area contributed by atoms with Crippen LogP contribution in [0.25, 0.3) is 5.69 Å². The summed E-state index contributed by atoms with van der Waals surface area (Å²) in [5, 5.41) is 13.6. The summed E-state index contributed by atoms with van der Waals surface area (Å²) in [5.41, 5.74) is 5.54. The van der Waals surface area contributed by atoms with E-state index in [2.05, 4.69) is 11.2 Å². The number of aryl methyl sites for hydroxylation is 3. The third kappa shape index (κ3) is 3.16. The zero-order valence-electron chi connectivity index (χ0n) is 14.1. The fourth-order valence-electron chi connectivity index (χ4n) is 2.84. The summed E-state index contributed by atoms with van der Waals surface area (Å²) >= 11 is 0. The van der Waals surface area contributed by atoms with E-state index in [0.29, 0.717) is 12.2 Å². The number of rotatable bonds is 4. The monoisotopic (exact) mass is 317 g/mol. The zero-order chi connectivity index (χ0) is 17.1. The van der Waals surface area contributed by atoms with Crippen LogP contribution in [0.15, 0.2) is 48.5 Å². The largest absolute Gasteiger partial charge is 0.487 e. The van der Waals surface area contributed by atoms with Crippen LogP contribution in [0.3, 0.4) is 0 Å². The molecule has 1 aromatic heterocycles. The quantitative estimate of drug-likeness (QED) is 0.723. The van der Waals surface area contributed by atoms with Gasteiger partial charge in [-0.2, -0.15) is 10.4 Å². The molecule has 0 bridgehead atoms. The number of aromatic nitrogens is 2. The Morgan fingerprint density at radius 1 is 1.04 bits per heavy atom. The maximum absolute atomic E-state index is 9.05. The van der Waals surface area contributed by atoms with Crippen molar-refractivity contribution in [2.45, 2.75) is 27.4 Å². The van der Waals surface area contributed by atoms with Gasteiger partial charge in [0.1, 0.15) is 12.4 Å². The van der Waals surface area contributed by atoms with E-state index in [1.807, 2.05) is 74.0 Å². The first-order valence-corrected chi connectivity index (χ1v) is 7.83. The fourth-order valence-corrected chi connectivity index (χ4v) is 2.84. The number of nitrogens with zero attached hydrogens (tertiary/aromatic N) is 3. The molecule has 3 rings (SSSR count). The third-order valence-electron chi connectivity index (χ3n) is 3.86. The van der Waals surface area contributed by atoms with Crippen LogP contribution in [0, 0.1) is 32.1 Å². The van der Waals surface area contributed by atoms with Crippen LogP contribution in [0.4, 0.5) is 0 Å². The number of hydrogen-bond donors (Lipinski definition) is 0. The molecule has 0 saturated heterocycles. The molecule has 120 valence electrons. The average molecular weight is 317 g/mol. The number of nitriles is 1. The summed E-state index contributed by atoms with van der Waals surface area (Å²) in [5.74, 6) is 0.826. The molecule has 1 heterocycles. The van der Waals surface area contributed by atoms with Crippen molar-refractivity contribution in [2.24, 2.45) is 0 Å². The molecule has 0 aliphatic carbocycles. The molecule has 2 aromatic carbocycles. The van der Waals surface area contributed by atoms with Crippen molar-refractivity contribution in [1.82, 2.24) is 9.78 Å². The van der Waals surface area contributed by atoms with Gasteiger partial charge in [0, 0.05) is 0 Å². The molecule has 0 saturated carbocycles. The number of ether oxygens (including phenoxy) is 1. The Labute approximate surface area is 141 Å². The number of benzene rings is 2. The minimum atomic E-state index is 0.420. The molecular formula is C20H19N3O. The maximum Gasteiger partial charge on any atom is 0.130 e. The van der Waals surface area contributed by atoms with Crippen LogP contribution in [-0.4, -0.2) is 9.78 Å². The second-order valence-electron chi connectivity index (χ2n) is 5.86. The number of hydrogen-bond acceptors (Lipinski definition) is 3. The molecule has 0 unspecified atom stereocenters. The first kappa shape index (κ1) is 15.8. The molecule has 0 aliphatic rings. The summed E-state index contributed by atoms with van der Waals surface area (Å²) < 4.78 is 7.96. The topological polar surface area (TPSA) is 50.8 Å². The molecule has 0 amide bonds. The molecule has 0 fully saturated rings. The van der Waals surface area contributed by atoms with Crippen molar-refractivity contribution in [3.8, 4) is 17.5 Å². The predicted molar refractivity (Wildman–Crippen MR) is 93.3 cm³/mol. The van der Waals surface area contributed by atoms with Gasteiger partial charge < -0.3 is 4.74 Å². The van der Waals surface area contributed by atoms with E-state index in [1.165, 1.54) is 0 Å². The highest BCUT2D eigenvalue weighted by Gasteiger charge is 2.11. The van der Waals surface area contributed by atoms with Crippen LogP contribution in [-0.2, 0) is 6.61 Å². The van der Waals surface area contributed by atoms with Gasteiger partial charge >= 0.3 is 0 Å². The van der Waals surface area contributed by atoms with Gasteiger partial charge in [0.15, 0.2) is 0 Å². The van der Waals surface area contributed by atoms with Crippen molar-refractivity contribution in [3.63, 3.8) is 0 Å². The van der Waals surface area contributed by atoms with Crippen LogP contribution in [0.2, 0.25) is 0 Å². The molecule has 4 nitrogen and oxygen atoms in total. The normalized spacial score (nSPS) is 10.4. The summed E-state index contributed by atoms with van der Waals surface area (Å²) in [6, 6.07) is 17.9. The lowest BCUT2D eigenvalue weighted by atomic mass is 10.1. The van der Waals surface area contributed by atoms with Crippen LogP contribution >= 0.6 is 0 Å². The van der Waals surface area contributed by atoms with Gasteiger partial charge in [0.25, 0.3) is 0 Å². The second kappa shape index (κ2) is 6.59. The molecule has 24 heavy (non-hydrogen) atoms. The predicted octanol–water partition coefficient (Wildman–Crippen LogP) is 4.25. The summed E-state index contributed by atoms with van der Waals surface area (Å²) in [6.07, 6.45) is 0. The van der Waals surface area contributed by atoms with Crippen molar-refractivity contribution >= 4 is 0 Å². The lowest BCUT2D eigenvalue weighted by Crippen LogP contribution is -2.07. The summed E-state index contributed by atoms with van der Waals surface area (Å²) in [4.78, 5) is 0. The highest BCUT2D eigenvalue weighted by atomic mass is 16.5. The SMILES string of the molecule is Cc1cc(COc2c(C)cc(C#N)cc2C)n(-c2ccccc2)n1. The average Bonchev–Trinajstić information content (AvgIpc) is 2.95. The van der Waals surface area contributed by atoms with Crippen molar-refractivity contribution in [1.29, 1.82) is 5.26 Å². The molecule has 0 radical (unpaired) electrons. The smallest absolute Gasteiger partial charge is 0.130 e. The Morgan fingerprint density at radius 3 is 2.33 bits per heavy atom. The van der Waals surface area contributed by atoms with Gasteiger partial charge in [-0.25, -0.2) is 4.68 Å². The summed E-state index contributed by atoms with van der Waals surface area (Å²) in [6.45, 7) is 6.32. The standard InChI is InChI=1S/C20H19N3O/c1-14-9-17(12-21)10-15(2)20(14)24-13-19-11-16(3)22-23(19)18-7-5-4-6-8-18/h4-11H,13H2,1-3H3. The van der Waals surface area contributed by atoms with Crippen LogP contribution < -0.4 is 4.74 Å². The first-order valence-electron chi connectivity index (χ1n) is 7.83. The van der Waals surface area contributed by atoms with Crippen LogP contribution in [0.5, 0.6) is 5.75 Å². The van der Waals surface area contributed by atoms with Crippen molar-refractivity contribution in [2.75, 3.05) is 0 Å². The lowest BCUT2D eigenvalue weighted by molar-refractivity contribution is 0.293. The van der Waals surface area contributed by atoms with E-state index in [0.717, 1.165) is 34.0 Å². The van der Waals surface area contributed by atoms with Crippen molar-refractivity contribution in [3.05, 3.63) is 76.6 Å². The molecular weight excluding hydrogens is 298 g/mol. The van der Waals surface area contributed by atoms with Gasteiger partial charge in [-0.1, -0.05) is 18.2 Å². The lowest BCUT2D eigenvalue weighted by Gasteiger charge is -2.13. The molecule has 3 aromatic rings. The van der Waals surface area contributed by atoms with E-state index in [-0.39, 0.29) is 0 Å². The van der Waals surface area contributed by atoms with Gasteiger partial charge in [0.05, 0.1) is 28.7 Å². The van der Waals surface area contributed by atoms with Gasteiger partial charge in [-0.15, -0.1) is 0 Å². The number of para-hydroxylation sites is 1. The zero-order valence-corrected chi connectivity index (χ0v) is 14.1. The Bertz CT molecular complexity index is 881. The van der Waals surface area contributed by atoms with Crippen molar-refractivity contribution < 1.29 is 4.74 Å². The third-order valence-corrected chi connectivity index (χ3v) is 3.86. The fraction of sp³-hybridized carbons (Fsp3) is 0.200. The van der Waals surface area contributed by atoms with E-state index >= 15 is 0 Å². The van der Waals surface area contributed by atoms with Crippen LogP contribution in [0.1, 0.15) is 28.1 Å².